The molecule has 2 N–H and O–H groups in total. The summed E-state index contributed by atoms with van der Waals surface area (Å²) in [6.45, 7) is 2.46. The lowest BCUT2D eigenvalue weighted by molar-refractivity contribution is 0.0726. The number of anilines is 1. The maximum absolute atomic E-state index is 9.43. The third kappa shape index (κ3) is 4.00. The number of hydrogen-bond acceptors (Lipinski definition) is 6. The van der Waals surface area contributed by atoms with Gasteiger partial charge >= 0.3 is 0 Å². The average Bonchev–Trinajstić information content (AvgIpc) is 2.26. The van der Waals surface area contributed by atoms with Gasteiger partial charge in [-0.05, 0) is 6.92 Å². The minimum absolute atomic E-state index is 0.274. The van der Waals surface area contributed by atoms with Gasteiger partial charge in [-0.3, -0.25) is 0 Å². The first-order valence-corrected chi connectivity index (χ1v) is 4.96. The van der Waals surface area contributed by atoms with Gasteiger partial charge < -0.3 is 19.9 Å². The van der Waals surface area contributed by atoms with Crippen molar-refractivity contribution in [3.8, 4) is 5.88 Å². The Hall–Kier alpha value is -1.40. The van der Waals surface area contributed by atoms with Crippen LogP contribution in [0.1, 0.15) is 5.69 Å². The van der Waals surface area contributed by atoms with Crippen molar-refractivity contribution < 1.29 is 14.6 Å². The lowest BCUT2D eigenvalue weighted by Gasteiger charge is -2.11. The van der Waals surface area contributed by atoms with Crippen LogP contribution in [0.5, 0.6) is 5.88 Å². The molecule has 6 nitrogen and oxygen atoms in total. The van der Waals surface area contributed by atoms with Gasteiger partial charge in [0.15, 0.2) is 0 Å². The van der Waals surface area contributed by atoms with E-state index in [-0.39, 0.29) is 6.61 Å². The first-order valence-electron chi connectivity index (χ1n) is 4.96. The van der Waals surface area contributed by atoms with Crippen molar-refractivity contribution in [2.75, 3.05) is 32.7 Å². The lowest BCUT2D eigenvalue weighted by Crippen LogP contribution is -2.25. The van der Waals surface area contributed by atoms with Crippen LogP contribution in [-0.2, 0) is 4.74 Å². The van der Waals surface area contributed by atoms with Crippen molar-refractivity contribution in [2.45, 2.75) is 13.0 Å². The average molecular weight is 227 g/mol. The Morgan fingerprint density at radius 1 is 1.44 bits per heavy atom. The van der Waals surface area contributed by atoms with Gasteiger partial charge in [-0.25, -0.2) is 4.98 Å². The number of ether oxygens (including phenoxy) is 2. The summed E-state index contributed by atoms with van der Waals surface area (Å²) in [7, 11) is 3.08. The van der Waals surface area contributed by atoms with Gasteiger partial charge in [0.25, 0.3) is 0 Å². The van der Waals surface area contributed by atoms with Crippen molar-refractivity contribution >= 4 is 5.95 Å². The highest BCUT2D eigenvalue weighted by atomic mass is 16.5. The Kier molecular flexibility index (Phi) is 4.94. The number of aliphatic hydroxyl groups excluding tert-OH is 1. The minimum atomic E-state index is -0.583. The molecule has 1 atom stereocenters. The molecule has 1 aromatic heterocycles. The Morgan fingerprint density at radius 3 is 2.81 bits per heavy atom. The second-order valence-corrected chi connectivity index (χ2v) is 3.37. The molecular formula is C10H17N3O3. The van der Waals surface area contributed by atoms with E-state index in [1.165, 1.54) is 7.11 Å². The van der Waals surface area contributed by atoms with Crippen molar-refractivity contribution in [2.24, 2.45) is 0 Å². The van der Waals surface area contributed by atoms with Crippen LogP contribution in [0.2, 0.25) is 0 Å². The molecule has 0 radical (unpaired) electrons. The molecule has 0 aromatic carbocycles. The van der Waals surface area contributed by atoms with Gasteiger partial charge in [-0.1, -0.05) is 0 Å². The van der Waals surface area contributed by atoms with E-state index in [2.05, 4.69) is 15.3 Å². The van der Waals surface area contributed by atoms with E-state index in [0.717, 1.165) is 5.69 Å². The summed E-state index contributed by atoms with van der Waals surface area (Å²) in [5, 5.41) is 12.3. The number of nitrogens with zero attached hydrogens (tertiary/aromatic N) is 2. The molecule has 0 spiro atoms. The maximum Gasteiger partial charge on any atom is 0.226 e. The molecule has 1 aromatic rings. The largest absolute Gasteiger partial charge is 0.481 e. The van der Waals surface area contributed by atoms with E-state index in [4.69, 9.17) is 9.47 Å². The number of aryl methyl sites for hydroxylation is 1. The van der Waals surface area contributed by atoms with E-state index >= 15 is 0 Å². The third-order valence-electron chi connectivity index (χ3n) is 1.89. The fourth-order valence-corrected chi connectivity index (χ4v) is 1.18. The quantitative estimate of drug-likeness (QED) is 0.723. The molecule has 6 heteroatoms. The fraction of sp³-hybridized carbons (Fsp3) is 0.600. The van der Waals surface area contributed by atoms with Crippen molar-refractivity contribution in [3.63, 3.8) is 0 Å². The number of methoxy groups -OCH3 is 2. The smallest absolute Gasteiger partial charge is 0.226 e. The van der Waals surface area contributed by atoms with Gasteiger partial charge in [0.1, 0.15) is 0 Å². The monoisotopic (exact) mass is 227 g/mol. The van der Waals surface area contributed by atoms with E-state index in [1.807, 2.05) is 6.92 Å². The first-order chi connectivity index (χ1) is 7.65. The Balaban J connectivity index is 2.56. The van der Waals surface area contributed by atoms with Crippen molar-refractivity contribution in [3.05, 3.63) is 11.8 Å². The molecule has 1 unspecified atom stereocenters. The zero-order valence-corrected chi connectivity index (χ0v) is 9.73. The highest BCUT2D eigenvalue weighted by Gasteiger charge is 2.06. The molecule has 1 rings (SSSR count). The predicted octanol–water partition coefficient (Wildman–Crippen LogP) is 0.213. The molecule has 0 saturated carbocycles. The van der Waals surface area contributed by atoms with E-state index in [1.54, 1.807) is 13.2 Å². The van der Waals surface area contributed by atoms with E-state index in [0.29, 0.717) is 18.4 Å². The number of aromatic nitrogens is 2. The summed E-state index contributed by atoms with van der Waals surface area (Å²) in [5.74, 6) is 0.934. The van der Waals surface area contributed by atoms with Crippen LogP contribution in [0.4, 0.5) is 5.95 Å². The molecule has 0 aliphatic rings. The standard InChI is InChI=1S/C10H17N3O3/c1-7-4-9(16-3)13-10(12-7)11-5-8(14)6-15-2/h4,8,14H,5-6H2,1-3H3,(H,11,12,13). The van der Waals surface area contributed by atoms with Crippen molar-refractivity contribution in [1.29, 1.82) is 0 Å². The fourth-order valence-electron chi connectivity index (χ4n) is 1.18. The van der Waals surface area contributed by atoms with Gasteiger partial charge in [-0.2, -0.15) is 4.98 Å². The van der Waals surface area contributed by atoms with Crippen LogP contribution in [-0.4, -0.2) is 48.5 Å². The Morgan fingerprint density at radius 2 is 2.19 bits per heavy atom. The summed E-state index contributed by atoms with van der Waals surface area (Å²) in [6.07, 6.45) is -0.583. The van der Waals surface area contributed by atoms with Crippen LogP contribution in [0.3, 0.4) is 0 Å². The molecule has 0 aliphatic heterocycles. The molecule has 0 amide bonds. The third-order valence-corrected chi connectivity index (χ3v) is 1.89. The zero-order valence-electron chi connectivity index (χ0n) is 9.73. The summed E-state index contributed by atoms with van der Waals surface area (Å²) >= 11 is 0. The number of nitrogens with one attached hydrogen (secondary N) is 1. The van der Waals surface area contributed by atoms with Gasteiger partial charge in [-0.15, -0.1) is 0 Å². The summed E-state index contributed by atoms with van der Waals surface area (Å²) < 4.78 is 9.82. The van der Waals surface area contributed by atoms with E-state index < -0.39 is 6.10 Å². The maximum atomic E-state index is 9.43. The van der Waals surface area contributed by atoms with Crippen LogP contribution in [0.25, 0.3) is 0 Å². The second-order valence-electron chi connectivity index (χ2n) is 3.37. The van der Waals surface area contributed by atoms with Crippen LogP contribution in [0.15, 0.2) is 6.07 Å². The van der Waals surface area contributed by atoms with Gasteiger partial charge in [0, 0.05) is 25.4 Å². The SMILES string of the molecule is COCC(O)CNc1nc(C)cc(OC)n1. The predicted molar refractivity (Wildman–Crippen MR) is 59.7 cm³/mol. The Labute approximate surface area is 94.6 Å². The highest BCUT2D eigenvalue weighted by Crippen LogP contribution is 2.10. The van der Waals surface area contributed by atoms with Gasteiger partial charge in [0.05, 0.1) is 19.8 Å². The zero-order chi connectivity index (χ0) is 12.0. The Bertz CT molecular complexity index is 333. The topological polar surface area (TPSA) is 76.5 Å². The molecule has 90 valence electrons. The summed E-state index contributed by atoms with van der Waals surface area (Å²) in [6, 6.07) is 1.73. The minimum Gasteiger partial charge on any atom is -0.481 e. The molecule has 16 heavy (non-hydrogen) atoms. The van der Waals surface area contributed by atoms with Crippen molar-refractivity contribution in [1.82, 2.24) is 9.97 Å². The molecule has 0 fully saturated rings. The number of aliphatic hydroxyl groups is 1. The number of rotatable bonds is 6. The van der Waals surface area contributed by atoms with Crippen LogP contribution >= 0.6 is 0 Å². The molecular weight excluding hydrogens is 210 g/mol. The molecule has 0 saturated heterocycles. The highest BCUT2D eigenvalue weighted by molar-refractivity contribution is 5.30. The molecule has 0 bridgehead atoms. The summed E-state index contributed by atoms with van der Waals surface area (Å²) in [4.78, 5) is 8.25. The lowest BCUT2D eigenvalue weighted by atomic mass is 10.4. The summed E-state index contributed by atoms with van der Waals surface area (Å²) in [5.41, 5.74) is 0.801. The normalized spacial score (nSPS) is 12.2. The second kappa shape index (κ2) is 6.24. The number of hydrogen-bond donors (Lipinski definition) is 2. The molecule has 0 aliphatic carbocycles. The van der Waals surface area contributed by atoms with Crippen LogP contribution < -0.4 is 10.1 Å². The van der Waals surface area contributed by atoms with E-state index in [9.17, 15) is 5.11 Å². The molecule has 1 heterocycles. The first kappa shape index (κ1) is 12.7. The van der Waals surface area contributed by atoms with Gasteiger partial charge in [0.2, 0.25) is 11.8 Å². The van der Waals surface area contributed by atoms with Crippen LogP contribution in [0, 0.1) is 6.92 Å².